The topological polar surface area (TPSA) is 47.3 Å². The summed E-state index contributed by atoms with van der Waals surface area (Å²) in [6.45, 7) is 0. The van der Waals surface area contributed by atoms with Gasteiger partial charge < -0.3 is 0 Å². The molecule has 0 bridgehead atoms. The van der Waals surface area contributed by atoms with Crippen LogP contribution in [0.25, 0.3) is 5.65 Å². The molecule has 1 fully saturated rings. The van der Waals surface area contributed by atoms with Gasteiger partial charge in [0, 0.05) is 12.4 Å². The summed E-state index contributed by atoms with van der Waals surface area (Å²) in [5.41, 5.74) is 2.43. The number of carbonyl (C=O) groups excluding carboxylic acids is 1. The van der Waals surface area contributed by atoms with Crippen LogP contribution in [0.2, 0.25) is 0 Å². The summed E-state index contributed by atoms with van der Waals surface area (Å²) in [6, 6.07) is 0. The van der Waals surface area contributed by atoms with Crippen molar-refractivity contribution < 1.29 is 4.79 Å². The first-order chi connectivity index (χ1) is 7.38. The van der Waals surface area contributed by atoms with Crippen molar-refractivity contribution in [3.05, 3.63) is 29.7 Å². The van der Waals surface area contributed by atoms with Gasteiger partial charge in [-0.25, -0.2) is 9.50 Å². The zero-order valence-electron chi connectivity index (χ0n) is 8.26. The van der Waals surface area contributed by atoms with E-state index in [1.807, 2.05) is 12.4 Å². The van der Waals surface area contributed by atoms with E-state index in [1.54, 1.807) is 10.7 Å². The van der Waals surface area contributed by atoms with Crippen molar-refractivity contribution in [2.45, 2.75) is 25.2 Å². The molecule has 2 aromatic heterocycles. The van der Waals surface area contributed by atoms with Gasteiger partial charge in [0.2, 0.25) is 0 Å². The minimum Gasteiger partial charge on any atom is -0.298 e. The smallest absolute Gasteiger partial charge is 0.165 e. The first-order valence-electron chi connectivity index (χ1n) is 5.17. The zero-order chi connectivity index (χ0) is 10.3. The Balaban J connectivity index is 2.10. The number of aldehydes is 1. The molecule has 2 heterocycles. The van der Waals surface area contributed by atoms with E-state index < -0.39 is 0 Å². The van der Waals surface area contributed by atoms with Crippen molar-refractivity contribution in [2.75, 3.05) is 0 Å². The fourth-order valence-electron chi connectivity index (χ4n) is 1.94. The molecule has 0 spiro atoms. The molecule has 2 aromatic rings. The van der Waals surface area contributed by atoms with E-state index in [4.69, 9.17) is 0 Å². The van der Waals surface area contributed by atoms with Gasteiger partial charge in [-0.3, -0.25) is 4.79 Å². The van der Waals surface area contributed by atoms with Gasteiger partial charge in [0.15, 0.2) is 11.9 Å². The molecule has 0 aromatic carbocycles. The number of aromatic nitrogens is 3. The first kappa shape index (κ1) is 8.59. The van der Waals surface area contributed by atoms with E-state index >= 15 is 0 Å². The van der Waals surface area contributed by atoms with Crippen LogP contribution < -0.4 is 0 Å². The molecule has 0 radical (unpaired) electrons. The molecule has 1 aliphatic rings. The second kappa shape index (κ2) is 3.15. The van der Waals surface area contributed by atoms with Crippen molar-refractivity contribution in [1.29, 1.82) is 0 Å². The summed E-state index contributed by atoms with van der Waals surface area (Å²) >= 11 is 0. The van der Waals surface area contributed by atoms with Crippen LogP contribution in [0.4, 0.5) is 0 Å². The van der Waals surface area contributed by atoms with Crippen LogP contribution in [0.15, 0.2) is 18.6 Å². The molecule has 0 unspecified atom stereocenters. The lowest BCUT2D eigenvalue weighted by atomic mass is 9.81. The van der Waals surface area contributed by atoms with Gasteiger partial charge in [-0.05, 0) is 24.3 Å². The Morgan fingerprint density at radius 2 is 2.27 bits per heavy atom. The highest BCUT2D eigenvalue weighted by Crippen LogP contribution is 2.35. The number of nitrogens with zero attached hydrogens (tertiary/aromatic N) is 3. The van der Waals surface area contributed by atoms with E-state index in [0.29, 0.717) is 17.1 Å². The second-order valence-corrected chi connectivity index (χ2v) is 4.00. The van der Waals surface area contributed by atoms with Gasteiger partial charge >= 0.3 is 0 Å². The molecule has 0 saturated heterocycles. The third kappa shape index (κ3) is 1.25. The first-order valence-corrected chi connectivity index (χ1v) is 5.17. The predicted molar refractivity (Wildman–Crippen MR) is 55.0 cm³/mol. The van der Waals surface area contributed by atoms with E-state index in [1.165, 1.54) is 24.8 Å². The highest BCUT2D eigenvalue weighted by atomic mass is 16.1. The molecule has 4 nitrogen and oxygen atoms in total. The standard InChI is InChI=1S/C11H11N3O/c15-7-10-5-13-14-6-9(4-12-11(10)14)8-2-1-3-8/h4-8H,1-3H2. The largest absolute Gasteiger partial charge is 0.298 e. The van der Waals surface area contributed by atoms with Crippen molar-refractivity contribution in [2.24, 2.45) is 0 Å². The van der Waals surface area contributed by atoms with Crippen LogP contribution in [0, 0.1) is 0 Å². The minimum absolute atomic E-state index is 0.551. The molecule has 0 aliphatic heterocycles. The molecule has 1 aliphatic carbocycles. The van der Waals surface area contributed by atoms with Crippen LogP contribution >= 0.6 is 0 Å². The van der Waals surface area contributed by atoms with Gasteiger partial charge in [-0.1, -0.05) is 6.42 Å². The van der Waals surface area contributed by atoms with Crippen molar-refractivity contribution in [1.82, 2.24) is 14.6 Å². The molecule has 15 heavy (non-hydrogen) atoms. The summed E-state index contributed by atoms with van der Waals surface area (Å²) < 4.78 is 1.69. The molecule has 4 heteroatoms. The van der Waals surface area contributed by atoms with Crippen molar-refractivity contribution in [3.63, 3.8) is 0 Å². The quantitative estimate of drug-likeness (QED) is 0.696. The van der Waals surface area contributed by atoms with Gasteiger partial charge in [-0.2, -0.15) is 5.10 Å². The predicted octanol–water partition coefficient (Wildman–Crippen LogP) is 1.81. The fourth-order valence-corrected chi connectivity index (χ4v) is 1.94. The Morgan fingerprint density at radius 1 is 1.40 bits per heavy atom. The van der Waals surface area contributed by atoms with Crippen molar-refractivity contribution >= 4 is 11.9 Å². The third-order valence-corrected chi connectivity index (χ3v) is 3.11. The number of hydrogen-bond acceptors (Lipinski definition) is 3. The highest BCUT2D eigenvalue weighted by Gasteiger charge is 2.20. The normalized spacial score (nSPS) is 16.5. The Bertz CT molecular complexity index is 514. The molecule has 1 saturated carbocycles. The Hall–Kier alpha value is -1.71. The summed E-state index contributed by atoms with van der Waals surface area (Å²) in [5, 5.41) is 4.11. The average molecular weight is 201 g/mol. The maximum absolute atomic E-state index is 10.7. The van der Waals surface area contributed by atoms with Crippen LogP contribution in [-0.4, -0.2) is 20.9 Å². The van der Waals surface area contributed by atoms with E-state index in [-0.39, 0.29) is 0 Å². The lowest BCUT2D eigenvalue weighted by Crippen LogP contribution is -2.10. The molecular formula is C11H11N3O. The maximum Gasteiger partial charge on any atom is 0.165 e. The number of carbonyl (C=O) groups is 1. The summed E-state index contributed by atoms with van der Waals surface area (Å²) in [5.74, 6) is 0.644. The minimum atomic E-state index is 0.551. The molecule has 0 amide bonds. The third-order valence-electron chi connectivity index (χ3n) is 3.11. The number of hydrogen-bond donors (Lipinski definition) is 0. The Morgan fingerprint density at radius 3 is 2.93 bits per heavy atom. The lowest BCUT2D eigenvalue weighted by molar-refractivity contribution is 0.112. The Labute approximate surface area is 86.9 Å². The number of fused-ring (bicyclic) bond motifs is 1. The van der Waals surface area contributed by atoms with E-state index in [0.717, 1.165) is 6.29 Å². The monoisotopic (exact) mass is 201 g/mol. The average Bonchev–Trinajstić information content (AvgIpc) is 2.57. The maximum atomic E-state index is 10.7. The van der Waals surface area contributed by atoms with Crippen LogP contribution in [0.5, 0.6) is 0 Å². The molecule has 3 rings (SSSR count). The Kier molecular flexibility index (Phi) is 1.80. The number of rotatable bonds is 2. The van der Waals surface area contributed by atoms with Gasteiger partial charge in [0.25, 0.3) is 0 Å². The molecular weight excluding hydrogens is 190 g/mol. The van der Waals surface area contributed by atoms with Gasteiger partial charge in [0.05, 0.1) is 11.8 Å². The SMILES string of the molecule is O=Cc1cnn2cc(C3CCC3)cnc12. The van der Waals surface area contributed by atoms with Gasteiger partial charge in [-0.15, -0.1) is 0 Å². The van der Waals surface area contributed by atoms with Crippen molar-refractivity contribution in [3.8, 4) is 0 Å². The molecule has 0 N–H and O–H groups in total. The summed E-state index contributed by atoms with van der Waals surface area (Å²) in [6.07, 6.45) is 10.00. The van der Waals surface area contributed by atoms with Crippen LogP contribution in [-0.2, 0) is 0 Å². The van der Waals surface area contributed by atoms with Crippen LogP contribution in [0.3, 0.4) is 0 Å². The molecule has 76 valence electrons. The van der Waals surface area contributed by atoms with E-state index in [9.17, 15) is 4.79 Å². The molecule has 0 atom stereocenters. The fraction of sp³-hybridized carbons (Fsp3) is 0.364. The zero-order valence-corrected chi connectivity index (χ0v) is 8.26. The highest BCUT2D eigenvalue weighted by molar-refractivity contribution is 5.83. The lowest BCUT2D eigenvalue weighted by Gasteiger charge is -2.25. The van der Waals surface area contributed by atoms with Gasteiger partial charge in [0.1, 0.15) is 0 Å². The summed E-state index contributed by atoms with van der Waals surface area (Å²) in [7, 11) is 0. The summed E-state index contributed by atoms with van der Waals surface area (Å²) in [4.78, 5) is 15.0. The second-order valence-electron chi connectivity index (χ2n) is 4.00. The van der Waals surface area contributed by atoms with Crippen LogP contribution in [0.1, 0.15) is 41.1 Å². The van der Waals surface area contributed by atoms with E-state index in [2.05, 4.69) is 10.1 Å².